The molecule has 0 amide bonds. The lowest BCUT2D eigenvalue weighted by Gasteiger charge is -2.46. The molecule has 0 radical (unpaired) electrons. The fourth-order valence-electron chi connectivity index (χ4n) is 4.51. The summed E-state index contributed by atoms with van der Waals surface area (Å²) in [5.74, 6) is -0.286. The standard InChI is InChI=1S/C24H29ClN2O3/c1-15-5-7-17(8-6-15)22-24(3,4)23(30-16(2)28)18-13-21(19(25)14-20(18)26-22)27-9-11-29-12-10-27/h5-8,13-14,22-23,26H,9-12H2,1-4H3/t22-,23+/m1/s1. The normalized spacial score (nSPS) is 22.8. The van der Waals surface area contributed by atoms with Crippen molar-refractivity contribution < 1.29 is 14.3 Å². The van der Waals surface area contributed by atoms with Gasteiger partial charge in [-0.25, -0.2) is 0 Å². The Bertz CT molecular complexity index is 936. The van der Waals surface area contributed by atoms with E-state index >= 15 is 0 Å². The average molecular weight is 429 g/mol. The first kappa shape index (κ1) is 21.0. The molecule has 1 N–H and O–H groups in total. The van der Waals surface area contributed by atoms with Crippen LogP contribution in [0.5, 0.6) is 0 Å². The topological polar surface area (TPSA) is 50.8 Å². The highest BCUT2D eigenvalue weighted by Gasteiger charge is 2.46. The molecule has 2 aromatic rings. The van der Waals surface area contributed by atoms with Gasteiger partial charge in [-0.3, -0.25) is 4.79 Å². The lowest BCUT2D eigenvalue weighted by Crippen LogP contribution is -2.41. The molecule has 0 bridgehead atoms. The molecule has 0 aliphatic carbocycles. The number of anilines is 2. The van der Waals surface area contributed by atoms with Crippen LogP contribution in [0.4, 0.5) is 11.4 Å². The molecule has 4 rings (SSSR count). The van der Waals surface area contributed by atoms with Crippen LogP contribution >= 0.6 is 11.6 Å². The van der Waals surface area contributed by atoms with Gasteiger partial charge in [0.2, 0.25) is 0 Å². The molecule has 1 saturated heterocycles. The van der Waals surface area contributed by atoms with Crippen LogP contribution in [0.1, 0.15) is 49.6 Å². The molecule has 1 fully saturated rings. The van der Waals surface area contributed by atoms with Gasteiger partial charge < -0.3 is 19.7 Å². The van der Waals surface area contributed by atoms with Gasteiger partial charge in [-0.05, 0) is 24.6 Å². The summed E-state index contributed by atoms with van der Waals surface area (Å²) in [5.41, 5.74) is 4.83. The quantitative estimate of drug-likeness (QED) is 0.674. The number of carbonyl (C=O) groups excluding carboxylic acids is 1. The predicted octanol–water partition coefficient (Wildman–Crippen LogP) is 5.28. The number of carbonyl (C=O) groups is 1. The van der Waals surface area contributed by atoms with E-state index in [9.17, 15) is 4.79 Å². The molecule has 0 aromatic heterocycles. The van der Waals surface area contributed by atoms with Crippen molar-refractivity contribution in [3.63, 3.8) is 0 Å². The van der Waals surface area contributed by atoms with Crippen LogP contribution in [-0.2, 0) is 14.3 Å². The fraction of sp³-hybridized carbons (Fsp3) is 0.458. The Morgan fingerprint density at radius 3 is 2.50 bits per heavy atom. The molecular formula is C24H29ClN2O3. The smallest absolute Gasteiger partial charge is 0.303 e. The van der Waals surface area contributed by atoms with Gasteiger partial charge in [0.25, 0.3) is 0 Å². The summed E-state index contributed by atoms with van der Waals surface area (Å²) >= 11 is 6.70. The average Bonchev–Trinajstić information content (AvgIpc) is 2.71. The monoisotopic (exact) mass is 428 g/mol. The number of nitrogens with one attached hydrogen (secondary N) is 1. The number of halogens is 1. The van der Waals surface area contributed by atoms with Crippen LogP contribution in [0, 0.1) is 12.3 Å². The van der Waals surface area contributed by atoms with Crippen LogP contribution in [0.25, 0.3) is 0 Å². The Morgan fingerprint density at radius 1 is 1.20 bits per heavy atom. The van der Waals surface area contributed by atoms with Crippen molar-refractivity contribution in [1.82, 2.24) is 0 Å². The first-order valence-electron chi connectivity index (χ1n) is 10.4. The maximum absolute atomic E-state index is 12.1. The van der Waals surface area contributed by atoms with Gasteiger partial charge in [0.1, 0.15) is 6.10 Å². The van der Waals surface area contributed by atoms with Crippen LogP contribution in [0.2, 0.25) is 5.02 Å². The molecule has 6 heteroatoms. The highest BCUT2D eigenvalue weighted by molar-refractivity contribution is 6.33. The van der Waals surface area contributed by atoms with Gasteiger partial charge in [-0.1, -0.05) is 55.3 Å². The van der Waals surface area contributed by atoms with E-state index in [0.29, 0.717) is 18.2 Å². The Labute approximate surface area is 183 Å². The fourth-order valence-corrected chi connectivity index (χ4v) is 4.80. The van der Waals surface area contributed by atoms with Crippen molar-refractivity contribution in [3.05, 3.63) is 58.1 Å². The largest absolute Gasteiger partial charge is 0.457 e. The third-order valence-electron chi connectivity index (χ3n) is 6.17. The number of aryl methyl sites for hydroxylation is 1. The number of nitrogens with zero attached hydrogens (tertiary/aromatic N) is 1. The third-order valence-corrected chi connectivity index (χ3v) is 6.47. The highest BCUT2D eigenvalue weighted by Crippen LogP contribution is 2.54. The number of hydrogen-bond donors (Lipinski definition) is 1. The minimum absolute atomic E-state index is 0.0275. The number of esters is 1. The Morgan fingerprint density at radius 2 is 1.87 bits per heavy atom. The number of morpholine rings is 1. The second kappa shape index (κ2) is 8.12. The second-order valence-electron chi connectivity index (χ2n) is 8.79. The Hall–Kier alpha value is -2.24. The Balaban J connectivity index is 1.80. The van der Waals surface area contributed by atoms with Crippen LogP contribution < -0.4 is 10.2 Å². The Kier molecular flexibility index (Phi) is 5.69. The molecule has 2 aliphatic rings. The third kappa shape index (κ3) is 3.88. The molecule has 2 aromatic carbocycles. The summed E-state index contributed by atoms with van der Waals surface area (Å²) in [4.78, 5) is 14.3. The lowest BCUT2D eigenvalue weighted by atomic mass is 9.70. The van der Waals surface area contributed by atoms with Crippen molar-refractivity contribution in [1.29, 1.82) is 0 Å². The van der Waals surface area contributed by atoms with Gasteiger partial charge in [0, 0.05) is 36.7 Å². The zero-order valence-electron chi connectivity index (χ0n) is 18.0. The first-order valence-corrected chi connectivity index (χ1v) is 10.8. The van der Waals surface area contributed by atoms with Gasteiger partial charge in [0.15, 0.2) is 0 Å². The van der Waals surface area contributed by atoms with E-state index in [-0.39, 0.29) is 17.4 Å². The van der Waals surface area contributed by atoms with Crippen molar-refractivity contribution in [2.75, 3.05) is 36.5 Å². The minimum Gasteiger partial charge on any atom is -0.457 e. The number of ether oxygens (including phenoxy) is 2. The second-order valence-corrected chi connectivity index (χ2v) is 9.20. The van der Waals surface area contributed by atoms with Crippen molar-refractivity contribution >= 4 is 28.9 Å². The number of benzene rings is 2. The molecule has 0 spiro atoms. The van der Waals surface area contributed by atoms with E-state index in [2.05, 4.69) is 61.3 Å². The minimum atomic E-state index is -0.394. The van der Waals surface area contributed by atoms with Crippen molar-refractivity contribution in [3.8, 4) is 0 Å². The number of fused-ring (bicyclic) bond motifs is 1. The van der Waals surface area contributed by atoms with Crippen LogP contribution in [-0.4, -0.2) is 32.3 Å². The van der Waals surface area contributed by atoms with Gasteiger partial charge in [-0.15, -0.1) is 0 Å². The van der Waals surface area contributed by atoms with Gasteiger partial charge in [-0.2, -0.15) is 0 Å². The van der Waals surface area contributed by atoms with E-state index in [4.69, 9.17) is 21.1 Å². The van der Waals surface area contributed by atoms with Gasteiger partial charge in [0.05, 0.1) is 30.0 Å². The van der Waals surface area contributed by atoms with E-state index in [0.717, 1.165) is 35.6 Å². The molecule has 5 nitrogen and oxygen atoms in total. The maximum Gasteiger partial charge on any atom is 0.303 e. The molecule has 160 valence electrons. The summed E-state index contributed by atoms with van der Waals surface area (Å²) < 4.78 is 11.4. The molecule has 0 saturated carbocycles. The molecule has 0 unspecified atom stereocenters. The first-order chi connectivity index (χ1) is 14.3. The van der Waals surface area contributed by atoms with E-state index < -0.39 is 6.10 Å². The van der Waals surface area contributed by atoms with E-state index in [1.807, 2.05) is 6.07 Å². The summed E-state index contributed by atoms with van der Waals surface area (Å²) in [7, 11) is 0. The SMILES string of the molecule is CC(=O)O[C@H]1c2cc(N3CCOCC3)c(Cl)cc2N[C@H](c2ccc(C)cc2)C1(C)C. The molecule has 2 atom stereocenters. The summed E-state index contributed by atoms with van der Waals surface area (Å²) in [5, 5.41) is 4.37. The summed E-state index contributed by atoms with van der Waals surface area (Å²) in [6, 6.07) is 12.5. The predicted molar refractivity (Wildman–Crippen MR) is 120 cm³/mol. The highest BCUT2D eigenvalue weighted by atomic mass is 35.5. The zero-order chi connectivity index (χ0) is 21.5. The molecular weight excluding hydrogens is 400 g/mol. The van der Waals surface area contributed by atoms with E-state index in [1.165, 1.54) is 12.5 Å². The maximum atomic E-state index is 12.1. The zero-order valence-corrected chi connectivity index (χ0v) is 18.8. The molecule has 2 heterocycles. The number of hydrogen-bond acceptors (Lipinski definition) is 5. The molecule has 2 aliphatic heterocycles. The van der Waals surface area contributed by atoms with Gasteiger partial charge >= 0.3 is 5.97 Å². The van der Waals surface area contributed by atoms with Crippen molar-refractivity contribution in [2.45, 2.75) is 39.8 Å². The van der Waals surface area contributed by atoms with Crippen LogP contribution in [0.15, 0.2) is 36.4 Å². The summed E-state index contributed by atoms with van der Waals surface area (Å²) in [6.45, 7) is 10.8. The summed E-state index contributed by atoms with van der Waals surface area (Å²) in [6.07, 6.45) is -0.394. The van der Waals surface area contributed by atoms with E-state index in [1.54, 1.807) is 0 Å². The molecule has 30 heavy (non-hydrogen) atoms. The van der Waals surface area contributed by atoms with Crippen molar-refractivity contribution in [2.24, 2.45) is 5.41 Å². The lowest BCUT2D eigenvalue weighted by molar-refractivity contribution is -0.154. The van der Waals surface area contributed by atoms with Crippen LogP contribution in [0.3, 0.4) is 0 Å². The number of rotatable bonds is 3.